The highest BCUT2D eigenvalue weighted by Gasteiger charge is 2.07. The van der Waals surface area contributed by atoms with Gasteiger partial charge in [-0.05, 0) is 31.4 Å². The molecule has 86 valence electrons. The molecule has 0 atom stereocenters. The Bertz CT molecular complexity index is 215. The topological polar surface area (TPSA) is 46.2 Å². The molecule has 0 aliphatic rings. The van der Waals surface area contributed by atoms with E-state index in [4.69, 9.17) is 0 Å². The lowest BCUT2D eigenvalue weighted by Crippen LogP contribution is -2.25. The first kappa shape index (κ1) is 14.3. The van der Waals surface area contributed by atoms with Crippen molar-refractivity contribution in [2.24, 2.45) is 0 Å². The van der Waals surface area contributed by atoms with Crippen LogP contribution in [0.2, 0.25) is 0 Å². The number of sulfone groups is 1. The fraction of sp³-hybridized carbons (Fsp3) is 1.00. The molecule has 14 heavy (non-hydrogen) atoms. The lowest BCUT2D eigenvalue weighted by atomic mass is 10.5. The third-order valence-electron chi connectivity index (χ3n) is 1.81. The second-order valence-corrected chi connectivity index (χ2v) is 6.54. The first-order valence-corrected chi connectivity index (χ1v) is 8.24. The fourth-order valence-corrected chi connectivity index (χ4v) is 2.82. The second-order valence-electron chi connectivity index (χ2n) is 3.25. The highest BCUT2D eigenvalue weighted by Crippen LogP contribution is 1.94. The molecule has 0 spiro atoms. The van der Waals surface area contributed by atoms with Crippen molar-refractivity contribution in [3.63, 3.8) is 0 Å². The summed E-state index contributed by atoms with van der Waals surface area (Å²) in [7, 11) is -2.79. The molecule has 0 heterocycles. The van der Waals surface area contributed by atoms with Crippen LogP contribution in [0.25, 0.3) is 0 Å². The molecule has 0 unspecified atom stereocenters. The SMILES string of the molecule is CCCS(=O)(=O)CCNCCCSC. The Morgan fingerprint density at radius 3 is 2.50 bits per heavy atom. The maximum absolute atomic E-state index is 11.3. The zero-order chi connectivity index (χ0) is 10.9. The summed E-state index contributed by atoms with van der Waals surface area (Å²) in [6.07, 6.45) is 3.90. The summed E-state index contributed by atoms with van der Waals surface area (Å²) in [4.78, 5) is 0. The summed E-state index contributed by atoms with van der Waals surface area (Å²) in [6.45, 7) is 3.41. The number of rotatable bonds is 9. The van der Waals surface area contributed by atoms with Crippen molar-refractivity contribution in [1.82, 2.24) is 5.32 Å². The van der Waals surface area contributed by atoms with E-state index in [1.807, 2.05) is 18.7 Å². The van der Waals surface area contributed by atoms with Gasteiger partial charge in [0.25, 0.3) is 0 Å². The average Bonchev–Trinajstić information content (AvgIpc) is 2.11. The van der Waals surface area contributed by atoms with Gasteiger partial charge in [0.1, 0.15) is 0 Å². The molecule has 0 aliphatic heterocycles. The van der Waals surface area contributed by atoms with Crippen molar-refractivity contribution >= 4 is 21.6 Å². The van der Waals surface area contributed by atoms with Gasteiger partial charge in [0, 0.05) is 12.3 Å². The van der Waals surface area contributed by atoms with Gasteiger partial charge in [-0.2, -0.15) is 11.8 Å². The predicted octanol–water partition coefficient (Wildman–Crippen LogP) is 1.15. The van der Waals surface area contributed by atoms with Crippen molar-refractivity contribution < 1.29 is 8.42 Å². The van der Waals surface area contributed by atoms with Crippen LogP contribution in [0.1, 0.15) is 19.8 Å². The van der Waals surface area contributed by atoms with Crippen LogP contribution in [-0.4, -0.2) is 45.0 Å². The molecule has 0 amide bonds. The van der Waals surface area contributed by atoms with E-state index < -0.39 is 9.84 Å². The molecular weight excluding hydrogens is 218 g/mol. The maximum Gasteiger partial charge on any atom is 0.151 e. The Hall–Kier alpha value is 0.260. The molecule has 1 N–H and O–H groups in total. The highest BCUT2D eigenvalue weighted by molar-refractivity contribution is 7.98. The summed E-state index contributed by atoms with van der Waals surface area (Å²) in [5, 5.41) is 3.14. The molecule has 0 aromatic carbocycles. The van der Waals surface area contributed by atoms with Gasteiger partial charge in [0.05, 0.1) is 5.75 Å². The van der Waals surface area contributed by atoms with Gasteiger partial charge >= 0.3 is 0 Å². The molecule has 0 aromatic heterocycles. The first-order chi connectivity index (χ1) is 6.62. The van der Waals surface area contributed by atoms with Crippen LogP contribution in [0, 0.1) is 0 Å². The summed E-state index contributed by atoms with van der Waals surface area (Å²) in [5.41, 5.74) is 0. The lowest BCUT2D eigenvalue weighted by molar-refractivity contribution is 0.589. The Balaban J connectivity index is 3.35. The quantitative estimate of drug-likeness (QED) is 0.613. The molecule has 3 nitrogen and oxygen atoms in total. The van der Waals surface area contributed by atoms with E-state index in [1.54, 1.807) is 0 Å². The molecule has 0 saturated carbocycles. The van der Waals surface area contributed by atoms with Crippen molar-refractivity contribution in [1.29, 1.82) is 0 Å². The Morgan fingerprint density at radius 2 is 1.93 bits per heavy atom. The number of nitrogens with one attached hydrogen (secondary N) is 1. The third kappa shape index (κ3) is 8.84. The number of thioether (sulfide) groups is 1. The van der Waals surface area contributed by atoms with Crippen molar-refractivity contribution in [2.75, 3.05) is 36.6 Å². The van der Waals surface area contributed by atoms with E-state index in [9.17, 15) is 8.42 Å². The molecule has 0 rings (SSSR count). The predicted molar refractivity (Wildman–Crippen MR) is 64.8 cm³/mol. The largest absolute Gasteiger partial charge is 0.316 e. The van der Waals surface area contributed by atoms with Gasteiger partial charge in [-0.15, -0.1) is 0 Å². The van der Waals surface area contributed by atoms with Crippen LogP contribution < -0.4 is 5.32 Å². The van der Waals surface area contributed by atoms with Crippen LogP contribution >= 0.6 is 11.8 Å². The molecule has 0 aliphatic carbocycles. The summed E-state index contributed by atoms with van der Waals surface area (Å²) < 4.78 is 22.6. The molecular formula is C9H21NO2S2. The first-order valence-electron chi connectivity index (χ1n) is 5.02. The lowest BCUT2D eigenvalue weighted by Gasteiger charge is -2.04. The molecule has 0 fully saturated rings. The third-order valence-corrected chi connectivity index (χ3v) is 4.36. The molecule has 0 bridgehead atoms. The normalized spacial score (nSPS) is 11.9. The van der Waals surface area contributed by atoms with Gasteiger partial charge in [-0.25, -0.2) is 8.42 Å². The summed E-state index contributed by atoms with van der Waals surface area (Å²) >= 11 is 1.82. The highest BCUT2D eigenvalue weighted by atomic mass is 32.2. The van der Waals surface area contributed by atoms with Crippen molar-refractivity contribution in [2.45, 2.75) is 19.8 Å². The van der Waals surface area contributed by atoms with E-state index in [0.717, 1.165) is 25.1 Å². The fourth-order valence-electron chi connectivity index (χ4n) is 1.11. The minimum absolute atomic E-state index is 0.278. The van der Waals surface area contributed by atoms with Gasteiger partial charge in [-0.1, -0.05) is 6.92 Å². The molecule has 0 radical (unpaired) electrons. The zero-order valence-electron chi connectivity index (χ0n) is 9.08. The minimum Gasteiger partial charge on any atom is -0.316 e. The van der Waals surface area contributed by atoms with Gasteiger partial charge in [0.15, 0.2) is 9.84 Å². The van der Waals surface area contributed by atoms with Crippen LogP contribution in [-0.2, 0) is 9.84 Å². The van der Waals surface area contributed by atoms with Gasteiger partial charge in [-0.3, -0.25) is 0 Å². The van der Waals surface area contributed by atoms with Crippen molar-refractivity contribution in [3.05, 3.63) is 0 Å². The van der Waals surface area contributed by atoms with E-state index in [1.165, 1.54) is 0 Å². The van der Waals surface area contributed by atoms with E-state index in [0.29, 0.717) is 12.3 Å². The van der Waals surface area contributed by atoms with Crippen LogP contribution in [0.5, 0.6) is 0 Å². The standard InChI is InChI=1S/C9H21NO2S2/c1-3-8-14(11,12)9-6-10-5-4-7-13-2/h10H,3-9H2,1-2H3. The monoisotopic (exact) mass is 239 g/mol. The Labute approximate surface area is 92.0 Å². The maximum atomic E-state index is 11.3. The minimum atomic E-state index is -2.79. The van der Waals surface area contributed by atoms with Crippen molar-refractivity contribution in [3.8, 4) is 0 Å². The van der Waals surface area contributed by atoms with Crippen LogP contribution in [0.4, 0.5) is 0 Å². The van der Waals surface area contributed by atoms with Gasteiger partial charge in [0.2, 0.25) is 0 Å². The van der Waals surface area contributed by atoms with E-state index in [2.05, 4.69) is 11.6 Å². The van der Waals surface area contributed by atoms with E-state index in [-0.39, 0.29) is 5.75 Å². The number of hydrogen-bond donors (Lipinski definition) is 1. The van der Waals surface area contributed by atoms with E-state index >= 15 is 0 Å². The number of hydrogen-bond acceptors (Lipinski definition) is 4. The molecule has 0 aromatic rings. The zero-order valence-corrected chi connectivity index (χ0v) is 10.7. The van der Waals surface area contributed by atoms with Crippen LogP contribution in [0.3, 0.4) is 0 Å². The Morgan fingerprint density at radius 1 is 1.21 bits per heavy atom. The summed E-state index contributed by atoms with van der Waals surface area (Å²) in [5.74, 6) is 1.73. The van der Waals surface area contributed by atoms with Gasteiger partial charge < -0.3 is 5.32 Å². The van der Waals surface area contributed by atoms with Crippen LogP contribution in [0.15, 0.2) is 0 Å². The molecule has 5 heteroatoms. The Kier molecular flexibility index (Phi) is 8.72. The molecule has 0 saturated heterocycles. The smallest absolute Gasteiger partial charge is 0.151 e. The average molecular weight is 239 g/mol. The summed E-state index contributed by atoms with van der Waals surface area (Å²) in [6, 6.07) is 0. The second kappa shape index (κ2) is 8.56.